The summed E-state index contributed by atoms with van der Waals surface area (Å²) >= 11 is 0. The van der Waals surface area contributed by atoms with Crippen molar-refractivity contribution < 1.29 is 0 Å². The quantitative estimate of drug-likeness (QED) is 0.0664. The second-order valence-corrected chi connectivity index (χ2v) is 41.6. The molecule has 0 aliphatic carbocycles. The molecule has 26 rings (SSSR count). The first-order valence-corrected chi connectivity index (χ1v) is 48.8. The molecule has 0 aliphatic rings. The van der Waals surface area contributed by atoms with Gasteiger partial charge in [-0.25, -0.2) is 19.5 Å². The molecule has 14 heteroatoms. The molecule has 0 saturated carbocycles. The number of aromatic nitrogens is 12. The fourth-order valence-corrected chi connectivity index (χ4v) is 31.4. The number of hydrogen-bond acceptors (Lipinski definition) is 6. The monoisotopic (exact) mass is 1720 g/mol. The van der Waals surface area contributed by atoms with E-state index >= 15 is 0 Å². The normalized spacial score (nSPS) is 12.1. The van der Waals surface area contributed by atoms with Gasteiger partial charge in [0, 0.05) is 27.1 Å². The number of para-hydroxylation sites is 10. The maximum absolute atomic E-state index is 5.76. The Bertz CT molecular complexity index is 8820. The third-order valence-corrected chi connectivity index (χ3v) is 36.7. The Labute approximate surface area is 761 Å². The van der Waals surface area contributed by atoms with Crippen molar-refractivity contribution in [3.63, 3.8) is 0 Å². The van der Waals surface area contributed by atoms with E-state index < -0.39 is 16.1 Å². The van der Waals surface area contributed by atoms with Gasteiger partial charge in [-0.3, -0.25) is 22.5 Å². The highest BCUT2D eigenvalue weighted by atomic mass is 28.3. The summed E-state index contributed by atoms with van der Waals surface area (Å²) in [4.78, 5) is 33.8. The number of benzene rings is 18. The Morgan fingerprint density at radius 1 is 0.174 bits per heavy atom. The number of imidazole rings is 4. The van der Waals surface area contributed by atoms with Crippen LogP contribution in [-0.2, 0) is 0 Å². The lowest BCUT2D eigenvalue weighted by Crippen LogP contribution is -2.75. The summed E-state index contributed by atoms with van der Waals surface area (Å²) in [5.74, 6) is 4.42. The van der Waals surface area contributed by atoms with Crippen LogP contribution in [0, 0.1) is 0 Å². The molecule has 12 nitrogen and oxygen atoms in total. The largest absolute Gasteiger partial charge is 0.294 e. The molecule has 0 atom stereocenters. The number of pyridine rings is 1. The van der Waals surface area contributed by atoms with E-state index in [9.17, 15) is 0 Å². The molecule has 18 aromatic carbocycles. The van der Waals surface area contributed by atoms with Crippen molar-refractivity contribution >= 4 is 157 Å². The third kappa shape index (κ3) is 11.8. The van der Waals surface area contributed by atoms with Gasteiger partial charge in [-0.1, -0.05) is 376 Å². The molecule has 8 aromatic heterocycles. The number of fused-ring (bicyclic) bond motifs is 16. The number of rotatable bonds is 17. The molecule has 0 amide bonds. The predicted molar refractivity (Wildman–Crippen MR) is 547 cm³/mol. The zero-order chi connectivity index (χ0) is 87.0. The summed E-state index contributed by atoms with van der Waals surface area (Å²) in [7, 11) is -6.44. The first-order valence-electron chi connectivity index (χ1n) is 44.8. The highest BCUT2D eigenvalue weighted by Crippen LogP contribution is 2.41. The molecule has 0 fully saturated rings. The lowest BCUT2D eigenvalue weighted by molar-refractivity contribution is 0.885. The van der Waals surface area contributed by atoms with Gasteiger partial charge in [0.05, 0.1) is 66.2 Å². The van der Waals surface area contributed by atoms with Gasteiger partial charge >= 0.3 is 0 Å². The summed E-state index contributed by atoms with van der Waals surface area (Å²) in [5.41, 5.74) is 21.2. The molecule has 0 saturated heterocycles. The molecule has 0 bridgehead atoms. The Kier molecular flexibility index (Phi) is 17.7. The van der Waals surface area contributed by atoms with Crippen molar-refractivity contribution in [2.24, 2.45) is 0 Å². The van der Waals surface area contributed by atoms with Crippen LogP contribution in [0.2, 0.25) is 0 Å². The van der Waals surface area contributed by atoms with E-state index in [4.69, 9.17) is 29.9 Å². The topological polar surface area (TPSA) is 106 Å². The van der Waals surface area contributed by atoms with Crippen molar-refractivity contribution in [3.8, 4) is 79.4 Å². The second-order valence-electron chi connectivity index (χ2n) is 34.1. The van der Waals surface area contributed by atoms with Crippen LogP contribution in [-0.4, -0.2) is 73.1 Å². The van der Waals surface area contributed by atoms with Gasteiger partial charge in [-0.15, -0.1) is 0 Å². The molecular weight excluding hydrogens is 1640 g/mol. The van der Waals surface area contributed by atoms with Crippen molar-refractivity contribution in [3.05, 3.63) is 473 Å². The molecule has 0 spiro atoms. The van der Waals surface area contributed by atoms with Gasteiger partial charge < -0.3 is 0 Å². The summed E-state index contributed by atoms with van der Waals surface area (Å²) in [5, 5.41) is 14.7. The van der Waals surface area contributed by atoms with Crippen LogP contribution < -0.4 is 41.5 Å². The molecule has 0 unspecified atom stereocenters. The van der Waals surface area contributed by atoms with Gasteiger partial charge in [0.2, 0.25) is 23.5 Å². The highest BCUT2D eigenvalue weighted by molar-refractivity contribution is 7.21. The van der Waals surface area contributed by atoms with E-state index in [1.807, 2.05) is 0 Å². The minimum atomic E-state index is -3.40. The fourth-order valence-electron chi connectivity index (χ4n) is 21.4. The SMILES string of the molecule is c1ccc([Si](c2ccccc2)(c2ccccc2)c2ccccc2-c2cccc(-c3nc(-n4c5ccccc5c5ccccc54)nc(-n4c5ccc(-c6cccc([Si](c7ccccc7)(c7ccccc7)c7ccccc7-c7cccc(-c8cc(-n9c%10ccccc%10c%10ccccc%109)nc(-n9c%10ccccc%10n%10c%11ccccc%11nc9%10)c8)c7)c6)cc5n5c6ccccc6nc45)n3)c2)cc1. The minimum Gasteiger partial charge on any atom is -0.294 e. The van der Waals surface area contributed by atoms with Crippen LogP contribution in [0.4, 0.5) is 0 Å². The van der Waals surface area contributed by atoms with Crippen LogP contribution in [0.1, 0.15) is 0 Å². The summed E-state index contributed by atoms with van der Waals surface area (Å²) < 4.78 is 13.5. The summed E-state index contributed by atoms with van der Waals surface area (Å²) in [6, 6.07) is 173. The first kappa shape index (κ1) is 76.0. The maximum atomic E-state index is 5.76. The van der Waals surface area contributed by atoms with Gasteiger partial charge in [-0.05, 0) is 183 Å². The fraction of sp³-hybridized carbons (Fsp3) is 0. The van der Waals surface area contributed by atoms with Crippen LogP contribution in [0.15, 0.2) is 473 Å². The van der Waals surface area contributed by atoms with E-state index in [1.54, 1.807) is 0 Å². The lowest BCUT2D eigenvalue weighted by atomic mass is 9.99. The van der Waals surface area contributed by atoms with Crippen LogP contribution >= 0.6 is 0 Å². The maximum Gasteiger partial charge on any atom is 0.242 e. The van der Waals surface area contributed by atoms with E-state index in [2.05, 4.69) is 500 Å². The van der Waals surface area contributed by atoms with Crippen LogP contribution in [0.3, 0.4) is 0 Å². The van der Waals surface area contributed by atoms with Crippen molar-refractivity contribution in [1.29, 1.82) is 0 Å². The molecular formula is C118H78N12Si2. The van der Waals surface area contributed by atoms with E-state index in [0.717, 1.165) is 155 Å². The Morgan fingerprint density at radius 3 is 1.02 bits per heavy atom. The van der Waals surface area contributed by atoms with Gasteiger partial charge in [0.15, 0.2) is 22.0 Å². The first-order chi connectivity index (χ1) is 65.5. The molecule has 8 heterocycles. The van der Waals surface area contributed by atoms with Crippen LogP contribution in [0.25, 0.3) is 179 Å². The molecule has 0 aliphatic heterocycles. The molecule has 0 radical (unpaired) electrons. The van der Waals surface area contributed by atoms with Crippen molar-refractivity contribution in [2.75, 3.05) is 0 Å². The molecule has 618 valence electrons. The predicted octanol–water partition coefficient (Wildman–Crippen LogP) is 22.0. The summed E-state index contributed by atoms with van der Waals surface area (Å²) in [6.45, 7) is 0. The standard InChI is InChI=1S/C118H78N12Si2/c1-6-42-86(43-7-1)131(87-44-8-2-9-45-87,88-46-10-3-11-47-88)110-69-32-20-54-93(110)83-40-35-41-84(74-83)114-122-115(126-102-63-26-18-57-96(102)97-58-19-27-64-103(97)126)124-116(123-114)130-108-72-71-81(76-109(108)128-105-66-29-23-60-99(105)120-118(128)130)80-38-36-52-91(75-80)132(89-48-12-4-13-49-89,90-50-14-5-15-51-90)111-70-33-21-53-92(111)82-39-34-37-79(73-82)85-77-112(125-100-61-24-16-55-94(100)95-56-17-25-62-101(95)125)121-113(78-85)129-107-68-31-30-67-106(107)127-104-65-28-22-59-98(104)119-117(127)129/h1-78H. The zero-order valence-corrected chi connectivity index (χ0v) is 73.4. The number of nitrogens with zero attached hydrogens (tertiary/aromatic N) is 12. The van der Waals surface area contributed by atoms with Crippen molar-refractivity contribution in [1.82, 2.24) is 57.0 Å². The molecule has 0 N–H and O–H groups in total. The van der Waals surface area contributed by atoms with E-state index in [1.165, 1.54) is 41.5 Å². The second kappa shape index (κ2) is 30.7. The van der Waals surface area contributed by atoms with Gasteiger partial charge in [0.25, 0.3) is 0 Å². The number of hydrogen-bond donors (Lipinski definition) is 0. The van der Waals surface area contributed by atoms with Crippen molar-refractivity contribution in [2.45, 2.75) is 0 Å². The molecule has 132 heavy (non-hydrogen) atoms. The Morgan fingerprint density at radius 2 is 0.515 bits per heavy atom. The van der Waals surface area contributed by atoms with Crippen LogP contribution in [0.5, 0.6) is 0 Å². The van der Waals surface area contributed by atoms with E-state index in [-0.39, 0.29) is 0 Å². The third-order valence-electron chi connectivity index (χ3n) is 27.0. The van der Waals surface area contributed by atoms with Gasteiger partial charge in [-0.2, -0.15) is 15.0 Å². The highest BCUT2D eigenvalue weighted by Gasteiger charge is 2.45. The zero-order valence-electron chi connectivity index (χ0n) is 71.4. The van der Waals surface area contributed by atoms with E-state index in [0.29, 0.717) is 23.5 Å². The Balaban J connectivity index is 0.645. The summed E-state index contributed by atoms with van der Waals surface area (Å²) in [6.07, 6.45) is 0. The van der Waals surface area contributed by atoms with Gasteiger partial charge in [0.1, 0.15) is 11.6 Å². The minimum absolute atomic E-state index is 0.424. The molecule has 26 aromatic rings. The lowest BCUT2D eigenvalue weighted by Gasteiger charge is -2.36. The Hall–Kier alpha value is -17.3. The smallest absolute Gasteiger partial charge is 0.242 e. The average molecular weight is 1720 g/mol. The average Bonchev–Trinajstić information content (AvgIpc) is 1.57.